The van der Waals surface area contributed by atoms with Crippen molar-refractivity contribution in [3.8, 4) is 0 Å². The first-order chi connectivity index (χ1) is 8.47. The van der Waals surface area contributed by atoms with E-state index in [1.165, 1.54) is 0 Å². The number of rotatable bonds is 4. The van der Waals surface area contributed by atoms with Crippen molar-refractivity contribution in [3.05, 3.63) is 46.1 Å². The highest BCUT2D eigenvalue weighted by Crippen LogP contribution is 2.33. The van der Waals surface area contributed by atoms with Crippen LogP contribution < -0.4 is 5.32 Å². The van der Waals surface area contributed by atoms with Crippen molar-refractivity contribution >= 4 is 29.3 Å². The maximum atomic E-state index is 11.2. The van der Waals surface area contributed by atoms with E-state index in [0.29, 0.717) is 6.54 Å². The molecule has 0 saturated heterocycles. The molecule has 1 rings (SSSR count). The Morgan fingerprint density at radius 3 is 2.56 bits per heavy atom. The number of hydrogen-bond donors (Lipinski definition) is 2. The lowest BCUT2D eigenvalue weighted by atomic mass is 10.1. The van der Waals surface area contributed by atoms with Crippen LogP contribution in [0.1, 0.15) is 18.6 Å². The molecule has 0 spiro atoms. The minimum absolute atomic E-state index is 0.143. The fraction of sp³-hybridized carbons (Fsp3) is 0.250. The quantitative estimate of drug-likeness (QED) is 0.837. The Hall–Kier alpha value is -1.23. The molecule has 0 saturated carbocycles. The number of ether oxygens (including phenoxy) is 1. The molecule has 4 nitrogen and oxygen atoms in total. The first-order valence-electron chi connectivity index (χ1n) is 5.23. The van der Waals surface area contributed by atoms with Gasteiger partial charge in [0, 0.05) is 22.2 Å². The highest BCUT2D eigenvalue weighted by atomic mass is 35.5. The second-order valence-electron chi connectivity index (χ2n) is 3.42. The van der Waals surface area contributed by atoms with Gasteiger partial charge in [0.1, 0.15) is 11.9 Å². The molecule has 0 aliphatic rings. The van der Waals surface area contributed by atoms with E-state index >= 15 is 0 Å². The van der Waals surface area contributed by atoms with Gasteiger partial charge in [0.05, 0.1) is 0 Å². The molecule has 18 heavy (non-hydrogen) atoms. The van der Waals surface area contributed by atoms with Crippen LogP contribution in [0, 0.1) is 0 Å². The molecule has 0 aromatic heterocycles. The average molecular weight is 290 g/mol. The zero-order valence-electron chi connectivity index (χ0n) is 9.74. The smallest absolute Gasteiger partial charge is 0.412 e. The van der Waals surface area contributed by atoms with Gasteiger partial charge in [-0.1, -0.05) is 35.8 Å². The largest absolute Gasteiger partial charge is 0.412 e. The predicted octanol–water partition coefficient (Wildman–Crippen LogP) is 3.29. The molecule has 1 atom stereocenters. The van der Waals surface area contributed by atoms with E-state index in [1.54, 1.807) is 25.1 Å². The van der Waals surface area contributed by atoms with E-state index in [0.717, 1.165) is 0 Å². The van der Waals surface area contributed by atoms with Gasteiger partial charge in [-0.3, -0.25) is 0 Å². The molecule has 1 aromatic carbocycles. The van der Waals surface area contributed by atoms with Gasteiger partial charge in [-0.25, -0.2) is 4.79 Å². The van der Waals surface area contributed by atoms with Crippen molar-refractivity contribution in [1.29, 1.82) is 0 Å². The van der Waals surface area contributed by atoms with Crippen molar-refractivity contribution in [3.63, 3.8) is 0 Å². The third kappa shape index (κ3) is 3.63. The van der Waals surface area contributed by atoms with E-state index in [9.17, 15) is 9.90 Å². The zero-order chi connectivity index (χ0) is 13.7. The van der Waals surface area contributed by atoms with Crippen molar-refractivity contribution < 1.29 is 14.6 Å². The molecule has 1 unspecified atom stereocenters. The first-order valence-corrected chi connectivity index (χ1v) is 5.99. The third-order valence-electron chi connectivity index (χ3n) is 2.12. The van der Waals surface area contributed by atoms with Crippen LogP contribution >= 0.6 is 23.2 Å². The van der Waals surface area contributed by atoms with E-state index in [1.807, 2.05) is 0 Å². The van der Waals surface area contributed by atoms with Gasteiger partial charge in [-0.15, -0.1) is 0 Å². The highest BCUT2D eigenvalue weighted by Gasteiger charge is 2.21. The zero-order valence-corrected chi connectivity index (χ0v) is 11.3. The number of benzene rings is 1. The van der Waals surface area contributed by atoms with Crippen LogP contribution in [0.5, 0.6) is 0 Å². The summed E-state index contributed by atoms with van der Waals surface area (Å²) in [6.07, 6.45) is -1.96. The van der Waals surface area contributed by atoms with E-state index in [2.05, 4.69) is 11.9 Å². The Morgan fingerprint density at radius 2 is 2.06 bits per heavy atom. The summed E-state index contributed by atoms with van der Waals surface area (Å²) in [5.41, 5.74) is 0.259. The number of carbonyl (C=O) groups is 1. The summed E-state index contributed by atoms with van der Waals surface area (Å²) in [7, 11) is 0. The van der Waals surface area contributed by atoms with Gasteiger partial charge in [0.2, 0.25) is 0 Å². The van der Waals surface area contributed by atoms with E-state index < -0.39 is 12.2 Å². The molecule has 0 aliphatic carbocycles. The highest BCUT2D eigenvalue weighted by molar-refractivity contribution is 6.36. The number of halogens is 2. The summed E-state index contributed by atoms with van der Waals surface area (Å²) in [5.74, 6) is -0.143. The summed E-state index contributed by atoms with van der Waals surface area (Å²) in [6, 6.07) is 4.80. The maximum absolute atomic E-state index is 11.2. The van der Waals surface area contributed by atoms with Crippen LogP contribution in [0.3, 0.4) is 0 Å². The molecule has 0 radical (unpaired) electrons. The summed E-state index contributed by atoms with van der Waals surface area (Å²) in [4.78, 5) is 11.2. The number of aliphatic hydroxyl groups excluding tert-OH is 1. The molecule has 0 aliphatic heterocycles. The summed E-state index contributed by atoms with van der Waals surface area (Å²) in [5, 5.41) is 13.0. The predicted molar refractivity (Wildman–Crippen MR) is 70.7 cm³/mol. The molecular weight excluding hydrogens is 277 g/mol. The van der Waals surface area contributed by atoms with Gasteiger partial charge < -0.3 is 15.2 Å². The number of aliphatic hydroxyl groups is 1. The number of amides is 1. The Labute approximate surface area is 115 Å². The fourth-order valence-electron chi connectivity index (χ4n) is 1.29. The van der Waals surface area contributed by atoms with Gasteiger partial charge in [-0.2, -0.15) is 0 Å². The maximum Gasteiger partial charge on any atom is 0.412 e. The molecular formula is C12H13Cl2NO3. The van der Waals surface area contributed by atoms with Crippen LogP contribution in [0.25, 0.3) is 0 Å². The molecule has 6 heteroatoms. The Balaban J connectivity index is 2.84. The normalized spacial score (nSPS) is 11.8. The van der Waals surface area contributed by atoms with Gasteiger partial charge in [0.25, 0.3) is 0 Å². The van der Waals surface area contributed by atoms with Crippen LogP contribution in [0.2, 0.25) is 10.0 Å². The minimum Gasteiger partial charge on any atom is -0.412 e. The summed E-state index contributed by atoms with van der Waals surface area (Å²) >= 11 is 11.8. The Bertz CT molecular complexity index is 442. The summed E-state index contributed by atoms with van der Waals surface area (Å²) < 4.78 is 4.81. The number of carbonyl (C=O) groups excluding carboxylic acids is 1. The first kappa shape index (κ1) is 14.8. The second-order valence-corrected chi connectivity index (χ2v) is 4.24. The molecule has 1 amide bonds. The van der Waals surface area contributed by atoms with Crippen molar-refractivity contribution in [2.75, 3.05) is 6.54 Å². The molecule has 98 valence electrons. The Kier molecular flexibility index (Phi) is 5.47. The lowest BCUT2D eigenvalue weighted by Crippen LogP contribution is -2.24. The number of alkyl carbamates (subject to hydrolysis) is 1. The topological polar surface area (TPSA) is 58.6 Å². The van der Waals surface area contributed by atoms with Crippen molar-refractivity contribution in [2.45, 2.75) is 13.0 Å². The Morgan fingerprint density at radius 1 is 1.50 bits per heavy atom. The minimum atomic E-state index is -1.27. The van der Waals surface area contributed by atoms with E-state index in [4.69, 9.17) is 27.9 Å². The van der Waals surface area contributed by atoms with Crippen LogP contribution in [-0.2, 0) is 4.74 Å². The average Bonchev–Trinajstić information content (AvgIpc) is 2.28. The van der Waals surface area contributed by atoms with Gasteiger partial charge >= 0.3 is 6.09 Å². The standard InChI is InChI=1S/C12H13Cl2NO3/c1-3-15-12(17)18-7(2)11(16)10-8(13)5-4-6-9(10)14/h4-6,11,16H,2-3H2,1H3,(H,15,17). The van der Waals surface area contributed by atoms with Gasteiger partial charge in [0.15, 0.2) is 0 Å². The number of nitrogens with one attached hydrogen (secondary N) is 1. The van der Waals surface area contributed by atoms with Crippen LogP contribution in [0.15, 0.2) is 30.5 Å². The van der Waals surface area contributed by atoms with Crippen molar-refractivity contribution in [1.82, 2.24) is 5.32 Å². The van der Waals surface area contributed by atoms with E-state index in [-0.39, 0.29) is 21.4 Å². The number of hydrogen-bond acceptors (Lipinski definition) is 3. The van der Waals surface area contributed by atoms with Crippen LogP contribution in [0.4, 0.5) is 4.79 Å². The second kappa shape index (κ2) is 6.64. The SMILES string of the molecule is C=C(OC(=O)NCC)C(O)c1c(Cl)cccc1Cl. The molecule has 1 aromatic rings. The molecule has 0 fully saturated rings. The lowest BCUT2D eigenvalue weighted by molar-refractivity contribution is 0.121. The molecule has 0 bridgehead atoms. The summed E-state index contributed by atoms with van der Waals surface area (Å²) in [6.45, 7) is 5.64. The van der Waals surface area contributed by atoms with Crippen LogP contribution in [-0.4, -0.2) is 17.7 Å². The molecule has 2 N–H and O–H groups in total. The monoisotopic (exact) mass is 289 g/mol. The van der Waals surface area contributed by atoms with Crippen molar-refractivity contribution in [2.24, 2.45) is 0 Å². The third-order valence-corrected chi connectivity index (χ3v) is 2.78. The lowest BCUT2D eigenvalue weighted by Gasteiger charge is -2.16. The molecule has 0 heterocycles. The van der Waals surface area contributed by atoms with Gasteiger partial charge in [-0.05, 0) is 19.1 Å². The fourth-order valence-corrected chi connectivity index (χ4v) is 1.89.